The summed E-state index contributed by atoms with van der Waals surface area (Å²) in [5, 5.41) is 0. The molecule has 7 heteroatoms. The third-order valence-electron chi connectivity index (χ3n) is 5.73. The number of carbonyl (C=O) groups is 1. The van der Waals surface area contributed by atoms with Crippen molar-refractivity contribution in [3.05, 3.63) is 89.9 Å². The maximum absolute atomic E-state index is 13.5. The molecule has 0 spiro atoms. The summed E-state index contributed by atoms with van der Waals surface area (Å²) in [7, 11) is 2.01. The summed E-state index contributed by atoms with van der Waals surface area (Å²) in [6, 6.07) is 11.1. The molecule has 31 heavy (non-hydrogen) atoms. The lowest BCUT2D eigenvalue weighted by atomic mass is 9.96. The van der Waals surface area contributed by atoms with Crippen molar-refractivity contribution in [2.45, 2.75) is 33.7 Å². The van der Waals surface area contributed by atoms with Crippen LogP contribution < -0.4 is 14.9 Å². The number of nitrogens with zero attached hydrogens (tertiary/aromatic N) is 3. The number of carbonyl (C=O) groups excluding carboxylic acids is 1. The highest BCUT2D eigenvalue weighted by Gasteiger charge is 2.33. The van der Waals surface area contributed by atoms with E-state index in [9.17, 15) is 9.59 Å². The third kappa shape index (κ3) is 3.59. The van der Waals surface area contributed by atoms with Crippen LogP contribution in [-0.4, -0.2) is 21.7 Å². The monoisotopic (exact) mass is 435 g/mol. The van der Waals surface area contributed by atoms with Crippen molar-refractivity contribution in [2.75, 3.05) is 6.61 Å². The number of hydrogen-bond donors (Lipinski definition) is 0. The van der Waals surface area contributed by atoms with Crippen LogP contribution in [0.4, 0.5) is 0 Å². The minimum absolute atomic E-state index is 0.159. The summed E-state index contributed by atoms with van der Waals surface area (Å²) in [5.74, 6) is -0.443. The lowest BCUT2D eigenvalue weighted by molar-refractivity contribution is -0.139. The fourth-order valence-corrected chi connectivity index (χ4v) is 4.95. The van der Waals surface area contributed by atoms with Gasteiger partial charge in [0, 0.05) is 18.4 Å². The molecule has 0 fully saturated rings. The molecule has 0 amide bonds. The molecule has 0 N–H and O–H groups in total. The van der Waals surface area contributed by atoms with Gasteiger partial charge in [0.2, 0.25) is 0 Å². The number of rotatable bonds is 4. The van der Waals surface area contributed by atoms with Crippen molar-refractivity contribution < 1.29 is 9.53 Å². The van der Waals surface area contributed by atoms with Gasteiger partial charge in [-0.3, -0.25) is 9.36 Å². The quantitative estimate of drug-likeness (QED) is 0.592. The number of benzene rings is 1. The lowest BCUT2D eigenvalue weighted by Crippen LogP contribution is -2.39. The standard InChI is InChI=1S/C24H25N3O3S/c1-6-30-23(29)20-15(3)25-24-27(21(20)17-10-8-7-9-11-17)22(28)19(31-24)13-18-12-14(2)26(5)16(18)4/h7-13,21H,6H2,1-5H3/t21-/m0/s1. The average molecular weight is 436 g/mol. The van der Waals surface area contributed by atoms with Gasteiger partial charge in [0.05, 0.1) is 28.5 Å². The summed E-state index contributed by atoms with van der Waals surface area (Å²) in [5.41, 5.74) is 4.88. The number of ether oxygens (including phenoxy) is 1. The molecular formula is C24H25N3O3S. The minimum Gasteiger partial charge on any atom is -0.463 e. The zero-order valence-electron chi connectivity index (χ0n) is 18.3. The fourth-order valence-electron chi connectivity index (χ4n) is 3.91. The van der Waals surface area contributed by atoms with E-state index in [4.69, 9.17) is 4.74 Å². The van der Waals surface area contributed by atoms with Crippen molar-refractivity contribution in [3.8, 4) is 0 Å². The van der Waals surface area contributed by atoms with Gasteiger partial charge in [-0.2, -0.15) is 0 Å². The summed E-state index contributed by atoms with van der Waals surface area (Å²) in [6.07, 6.45) is 1.91. The first-order valence-electron chi connectivity index (χ1n) is 10.2. The van der Waals surface area contributed by atoms with E-state index in [-0.39, 0.29) is 12.2 Å². The van der Waals surface area contributed by atoms with Crippen LogP contribution in [0.2, 0.25) is 0 Å². The van der Waals surface area contributed by atoms with Crippen LogP contribution >= 0.6 is 11.3 Å². The normalized spacial score (nSPS) is 16.3. The number of fused-ring (bicyclic) bond motifs is 1. The molecule has 4 rings (SSSR count). The van der Waals surface area contributed by atoms with Gasteiger partial charge in [0.15, 0.2) is 4.80 Å². The number of thiazole rings is 1. The van der Waals surface area contributed by atoms with Crippen LogP contribution in [0.15, 0.2) is 57.5 Å². The average Bonchev–Trinajstić information content (AvgIpc) is 3.18. The number of esters is 1. The van der Waals surface area contributed by atoms with E-state index < -0.39 is 12.0 Å². The molecule has 0 radical (unpaired) electrons. The van der Waals surface area contributed by atoms with Crippen LogP contribution in [0.3, 0.4) is 0 Å². The number of hydrogen-bond acceptors (Lipinski definition) is 5. The second-order valence-corrected chi connectivity index (χ2v) is 8.61. The van der Waals surface area contributed by atoms with Crippen molar-refractivity contribution in [3.63, 3.8) is 0 Å². The van der Waals surface area contributed by atoms with Crippen molar-refractivity contribution in [2.24, 2.45) is 12.0 Å². The van der Waals surface area contributed by atoms with E-state index in [2.05, 4.69) is 15.6 Å². The number of aryl methyl sites for hydroxylation is 1. The summed E-state index contributed by atoms with van der Waals surface area (Å²) in [4.78, 5) is 31.6. The molecule has 6 nitrogen and oxygen atoms in total. The predicted octanol–water partition coefficient (Wildman–Crippen LogP) is 2.75. The predicted molar refractivity (Wildman–Crippen MR) is 122 cm³/mol. The lowest BCUT2D eigenvalue weighted by Gasteiger charge is -2.24. The van der Waals surface area contributed by atoms with Gasteiger partial charge in [-0.15, -0.1) is 0 Å². The molecule has 0 bridgehead atoms. The van der Waals surface area contributed by atoms with Crippen LogP contribution in [0, 0.1) is 13.8 Å². The van der Waals surface area contributed by atoms with Gasteiger partial charge in [-0.05, 0) is 51.0 Å². The Balaban J connectivity index is 1.97. The Kier molecular flexibility index (Phi) is 5.54. The molecule has 0 aliphatic carbocycles. The van der Waals surface area contributed by atoms with Crippen LogP contribution in [0.25, 0.3) is 6.08 Å². The zero-order valence-corrected chi connectivity index (χ0v) is 19.1. The molecule has 1 aliphatic heterocycles. The minimum atomic E-state index is -0.572. The highest BCUT2D eigenvalue weighted by molar-refractivity contribution is 7.07. The SMILES string of the molecule is CCOC(=O)C1=C(C)N=c2sc(=Cc3cc(C)n(C)c3C)c(=O)n2[C@H]1c1ccccc1. The summed E-state index contributed by atoms with van der Waals surface area (Å²) >= 11 is 1.34. The van der Waals surface area contributed by atoms with Crippen molar-refractivity contribution in [1.82, 2.24) is 9.13 Å². The highest BCUT2D eigenvalue weighted by atomic mass is 32.1. The third-order valence-corrected chi connectivity index (χ3v) is 6.72. The van der Waals surface area contributed by atoms with Gasteiger partial charge in [-0.25, -0.2) is 9.79 Å². The maximum atomic E-state index is 13.5. The van der Waals surface area contributed by atoms with Gasteiger partial charge in [0.25, 0.3) is 5.56 Å². The zero-order chi connectivity index (χ0) is 22.3. The molecule has 2 aromatic heterocycles. The van der Waals surface area contributed by atoms with Crippen molar-refractivity contribution in [1.29, 1.82) is 0 Å². The maximum Gasteiger partial charge on any atom is 0.338 e. The van der Waals surface area contributed by atoms with E-state index in [1.54, 1.807) is 18.4 Å². The van der Waals surface area contributed by atoms with Crippen LogP contribution in [0.1, 0.15) is 42.4 Å². The smallest absolute Gasteiger partial charge is 0.338 e. The second kappa shape index (κ2) is 8.15. The molecule has 0 unspecified atom stereocenters. The molecule has 3 aromatic rings. The summed E-state index contributed by atoms with van der Waals surface area (Å²) in [6.45, 7) is 7.89. The van der Waals surface area contributed by atoms with E-state index in [0.717, 1.165) is 22.5 Å². The van der Waals surface area contributed by atoms with Crippen LogP contribution in [-0.2, 0) is 16.6 Å². The first-order chi connectivity index (χ1) is 14.8. The Bertz CT molecular complexity index is 1370. The van der Waals surface area contributed by atoms with Gasteiger partial charge in [-0.1, -0.05) is 41.7 Å². The fraction of sp³-hybridized carbons (Fsp3) is 0.292. The topological polar surface area (TPSA) is 65.6 Å². The highest BCUT2D eigenvalue weighted by Crippen LogP contribution is 2.30. The molecule has 0 saturated heterocycles. The van der Waals surface area contributed by atoms with E-state index in [0.29, 0.717) is 20.6 Å². The van der Waals surface area contributed by atoms with Gasteiger partial charge >= 0.3 is 5.97 Å². The largest absolute Gasteiger partial charge is 0.463 e. The van der Waals surface area contributed by atoms with E-state index in [1.165, 1.54) is 11.3 Å². The Hall–Kier alpha value is -3.19. The van der Waals surface area contributed by atoms with E-state index in [1.807, 2.05) is 57.3 Å². The number of allylic oxidation sites excluding steroid dienone is 1. The molecule has 1 atom stereocenters. The Morgan fingerprint density at radius 1 is 1.23 bits per heavy atom. The molecule has 1 aliphatic rings. The summed E-state index contributed by atoms with van der Waals surface area (Å²) < 4.78 is 9.62. The van der Waals surface area contributed by atoms with Gasteiger partial charge < -0.3 is 9.30 Å². The molecule has 160 valence electrons. The van der Waals surface area contributed by atoms with Crippen LogP contribution in [0.5, 0.6) is 0 Å². The molecular weight excluding hydrogens is 410 g/mol. The Labute approximate surface area is 184 Å². The van der Waals surface area contributed by atoms with E-state index >= 15 is 0 Å². The Morgan fingerprint density at radius 2 is 1.94 bits per heavy atom. The second-order valence-electron chi connectivity index (χ2n) is 7.60. The first kappa shape index (κ1) is 21.1. The molecule has 3 heterocycles. The first-order valence-corrected chi connectivity index (χ1v) is 11.0. The van der Waals surface area contributed by atoms with Crippen molar-refractivity contribution >= 4 is 23.4 Å². The van der Waals surface area contributed by atoms with Gasteiger partial charge in [0.1, 0.15) is 0 Å². The number of aromatic nitrogens is 2. The molecule has 1 aromatic carbocycles. The molecule has 0 saturated carbocycles. The Morgan fingerprint density at radius 3 is 2.55 bits per heavy atom.